The fraction of sp³-hybridized carbons (Fsp3) is 0.250. The van der Waals surface area contributed by atoms with Crippen LogP contribution < -0.4 is 4.74 Å². The van der Waals surface area contributed by atoms with Crippen LogP contribution >= 0.6 is 0 Å². The number of fused-ring (bicyclic) bond motifs is 1. The summed E-state index contributed by atoms with van der Waals surface area (Å²) in [7, 11) is 0. The molecule has 0 aromatic heterocycles. The van der Waals surface area contributed by atoms with Gasteiger partial charge in [0.2, 0.25) is 0 Å². The Morgan fingerprint density at radius 1 is 1.06 bits per heavy atom. The minimum absolute atomic E-state index is 0.487. The zero-order valence-electron chi connectivity index (χ0n) is 10.0. The lowest BCUT2D eigenvalue weighted by Gasteiger charge is -2.26. The standard InChI is InChI=1S/C16H16O/c1-12-7-8-15-14(9-10-17-16(15)11-12)13-5-3-2-4-6-13/h2-8,11,14H,9-10H2,1H3. The highest BCUT2D eigenvalue weighted by molar-refractivity contribution is 5.45. The Morgan fingerprint density at radius 3 is 2.71 bits per heavy atom. The highest BCUT2D eigenvalue weighted by atomic mass is 16.5. The molecular weight excluding hydrogens is 208 g/mol. The molecule has 0 spiro atoms. The van der Waals surface area contributed by atoms with Gasteiger partial charge >= 0.3 is 0 Å². The van der Waals surface area contributed by atoms with E-state index in [2.05, 4.69) is 55.5 Å². The molecule has 3 rings (SSSR count). The molecule has 1 aliphatic rings. The summed E-state index contributed by atoms with van der Waals surface area (Å²) in [6.07, 6.45) is 1.07. The fourth-order valence-corrected chi connectivity index (χ4v) is 2.53. The first-order valence-electron chi connectivity index (χ1n) is 6.13. The minimum atomic E-state index is 0.487. The number of hydrogen-bond acceptors (Lipinski definition) is 1. The van der Waals surface area contributed by atoms with Crippen molar-refractivity contribution in [1.29, 1.82) is 0 Å². The van der Waals surface area contributed by atoms with Gasteiger partial charge in [-0.25, -0.2) is 0 Å². The third kappa shape index (κ3) is 1.93. The molecule has 1 atom stereocenters. The van der Waals surface area contributed by atoms with E-state index in [0.717, 1.165) is 18.8 Å². The van der Waals surface area contributed by atoms with Crippen LogP contribution in [0.4, 0.5) is 0 Å². The van der Waals surface area contributed by atoms with Crippen molar-refractivity contribution in [2.24, 2.45) is 0 Å². The topological polar surface area (TPSA) is 9.23 Å². The van der Waals surface area contributed by atoms with Crippen molar-refractivity contribution in [2.45, 2.75) is 19.3 Å². The SMILES string of the molecule is Cc1ccc2c(c1)OCCC2c1ccccc1. The van der Waals surface area contributed by atoms with Gasteiger partial charge in [0.15, 0.2) is 0 Å². The monoisotopic (exact) mass is 224 g/mol. The number of hydrogen-bond donors (Lipinski definition) is 0. The molecule has 17 heavy (non-hydrogen) atoms. The Balaban J connectivity index is 2.06. The van der Waals surface area contributed by atoms with E-state index in [1.54, 1.807) is 0 Å². The molecule has 0 amide bonds. The predicted octanol–water partition coefficient (Wildman–Crippen LogP) is 3.91. The molecular formula is C16H16O. The number of rotatable bonds is 1. The molecule has 1 heteroatoms. The molecule has 0 radical (unpaired) electrons. The highest BCUT2D eigenvalue weighted by Gasteiger charge is 2.22. The van der Waals surface area contributed by atoms with Gasteiger partial charge in [0.1, 0.15) is 5.75 Å². The Bertz CT molecular complexity index is 516. The Labute approximate surface area is 102 Å². The van der Waals surface area contributed by atoms with E-state index in [9.17, 15) is 0 Å². The van der Waals surface area contributed by atoms with Crippen molar-refractivity contribution in [1.82, 2.24) is 0 Å². The van der Waals surface area contributed by atoms with Gasteiger partial charge in [-0.15, -0.1) is 0 Å². The molecule has 2 aromatic rings. The Kier molecular flexibility index (Phi) is 2.60. The molecule has 0 saturated carbocycles. The fourth-order valence-electron chi connectivity index (χ4n) is 2.53. The summed E-state index contributed by atoms with van der Waals surface area (Å²) < 4.78 is 5.76. The van der Waals surface area contributed by atoms with E-state index < -0.39 is 0 Å². The van der Waals surface area contributed by atoms with E-state index in [1.807, 2.05) is 0 Å². The second-order valence-electron chi connectivity index (χ2n) is 4.64. The number of benzene rings is 2. The minimum Gasteiger partial charge on any atom is -0.493 e. The van der Waals surface area contributed by atoms with E-state index >= 15 is 0 Å². The van der Waals surface area contributed by atoms with Crippen molar-refractivity contribution < 1.29 is 4.74 Å². The van der Waals surface area contributed by atoms with Gasteiger partial charge in [-0.3, -0.25) is 0 Å². The van der Waals surface area contributed by atoms with Crippen LogP contribution in [-0.2, 0) is 0 Å². The van der Waals surface area contributed by atoms with Gasteiger partial charge in [0.05, 0.1) is 6.61 Å². The molecule has 0 bridgehead atoms. The first-order chi connectivity index (χ1) is 8.34. The third-order valence-corrected chi connectivity index (χ3v) is 3.41. The Hall–Kier alpha value is -1.76. The zero-order chi connectivity index (χ0) is 11.7. The molecule has 86 valence electrons. The highest BCUT2D eigenvalue weighted by Crippen LogP contribution is 2.38. The van der Waals surface area contributed by atoms with Gasteiger partial charge in [-0.05, 0) is 30.5 Å². The molecule has 1 heterocycles. The van der Waals surface area contributed by atoms with Crippen LogP contribution in [0.1, 0.15) is 29.0 Å². The van der Waals surface area contributed by atoms with Crippen LogP contribution in [-0.4, -0.2) is 6.61 Å². The molecule has 1 aliphatic heterocycles. The van der Waals surface area contributed by atoms with Crippen molar-refractivity contribution in [2.75, 3.05) is 6.61 Å². The van der Waals surface area contributed by atoms with Crippen LogP contribution in [0.2, 0.25) is 0 Å². The van der Waals surface area contributed by atoms with Crippen molar-refractivity contribution in [3.63, 3.8) is 0 Å². The first-order valence-corrected chi connectivity index (χ1v) is 6.13. The van der Waals surface area contributed by atoms with Crippen molar-refractivity contribution in [3.8, 4) is 5.75 Å². The molecule has 1 unspecified atom stereocenters. The average Bonchev–Trinajstić information content (AvgIpc) is 2.39. The van der Waals surface area contributed by atoms with Gasteiger partial charge in [0.25, 0.3) is 0 Å². The van der Waals surface area contributed by atoms with Crippen molar-refractivity contribution >= 4 is 0 Å². The van der Waals surface area contributed by atoms with E-state index in [1.165, 1.54) is 16.7 Å². The Morgan fingerprint density at radius 2 is 1.88 bits per heavy atom. The second-order valence-corrected chi connectivity index (χ2v) is 4.64. The molecule has 0 N–H and O–H groups in total. The maximum atomic E-state index is 5.76. The van der Waals surface area contributed by atoms with Gasteiger partial charge in [-0.2, -0.15) is 0 Å². The number of ether oxygens (including phenoxy) is 1. The van der Waals surface area contributed by atoms with E-state index in [0.29, 0.717) is 5.92 Å². The normalized spacial score (nSPS) is 18.3. The first kappa shape index (κ1) is 10.4. The maximum Gasteiger partial charge on any atom is 0.123 e. The van der Waals surface area contributed by atoms with Gasteiger partial charge < -0.3 is 4.74 Å². The summed E-state index contributed by atoms with van der Waals surface area (Å²) in [4.78, 5) is 0. The lowest BCUT2D eigenvalue weighted by atomic mass is 9.86. The summed E-state index contributed by atoms with van der Waals surface area (Å²) >= 11 is 0. The van der Waals surface area contributed by atoms with Crippen LogP contribution in [0.5, 0.6) is 5.75 Å². The lowest BCUT2D eigenvalue weighted by Crippen LogP contribution is -2.15. The predicted molar refractivity (Wildman–Crippen MR) is 69.6 cm³/mol. The lowest BCUT2D eigenvalue weighted by molar-refractivity contribution is 0.277. The molecule has 0 saturated heterocycles. The molecule has 1 nitrogen and oxygen atoms in total. The van der Waals surface area contributed by atoms with Gasteiger partial charge in [0, 0.05) is 11.5 Å². The summed E-state index contributed by atoms with van der Waals surface area (Å²) in [5.41, 5.74) is 3.98. The zero-order valence-corrected chi connectivity index (χ0v) is 10.0. The molecule has 0 fully saturated rings. The maximum absolute atomic E-state index is 5.76. The third-order valence-electron chi connectivity index (χ3n) is 3.41. The smallest absolute Gasteiger partial charge is 0.123 e. The second kappa shape index (κ2) is 4.25. The summed E-state index contributed by atoms with van der Waals surface area (Å²) in [6.45, 7) is 2.92. The van der Waals surface area contributed by atoms with Crippen LogP contribution in [0.25, 0.3) is 0 Å². The van der Waals surface area contributed by atoms with Crippen molar-refractivity contribution in [3.05, 3.63) is 65.2 Å². The van der Waals surface area contributed by atoms with Crippen LogP contribution in [0.15, 0.2) is 48.5 Å². The molecule has 0 aliphatic carbocycles. The average molecular weight is 224 g/mol. The quantitative estimate of drug-likeness (QED) is 0.713. The summed E-state index contributed by atoms with van der Waals surface area (Å²) in [6, 6.07) is 17.2. The number of aryl methyl sites for hydroxylation is 1. The van der Waals surface area contributed by atoms with E-state index in [4.69, 9.17) is 4.74 Å². The van der Waals surface area contributed by atoms with E-state index in [-0.39, 0.29) is 0 Å². The summed E-state index contributed by atoms with van der Waals surface area (Å²) in [5, 5.41) is 0. The van der Waals surface area contributed by atoms with Gasteiger partial charge in [-0.1, -0.05) is 42.5 Å². The summed E-state index contributed by atoms with van der Waals surface area (Å²) in [5.74, 6) is 1.55. The van der Waals surface area contributed by atoms with Crippen LogP contribution in [0.3, 0.4) is 0 Å². The van der Waals surface area contributed by atoms with Crippen LogP contribution in [0, 0.1) is 6.92 Å². The molecule has 2 aromatic carbocycles. The largest absolute Gasteiger partial charge is 0.493 e.